The normalized spacial score (nSPS) is 10.7. The number of benzene rings is 3. The van der Waals surface area contributed by atoms with Gasteiger partial charge in [0.05, 0.1) is 21.9 Å². The van der Waals surface area contributed by atoms with Crippen LogP contribution < -0.4 is 20.8 Å². The summed E-state index contributed by atoms with van der Waals surface area (Å²) in [6.07, 6.45) is 1.30. The summed E-state index contributed by atoms with van der Waals surface area (Å²) in [6, 6.07) is 17.5. The zero-order valence-corrected chi connectivity index (χ0v) is 22.1. The predicted molar refractivity (Wildman–Crippen MR) is 143 cm³/mol. The topological polar surface area (TPSA) is 109 Å². The van der Waals surface area contributed by atoms with Crippen molar-refractivity contribution in [3.05, 3.63) is 91.9 Å². The highest BCUT2D eigenvalue weighted by molar-refractivity contribution is 9.10. The Morgan fingerprint density at radius 1 is 1.03 bits per heavy atom. The van der Waals surface area contributed by atoms with Crippen molar-refractivity contribution in [1.82, 2.24) is 10.7 Å². The number of hydrazone groups is 1. The number of carbonyl (C=O) groups excluding carboxylic acids is 3. The summed E-state index contributed by atoms with van der Waals surface area (Å²) in [7, 11) is 0. The molecule has 0 aliphatic heterocycles. The van der Waals surface area contributed by atoms with Gasteiger partial charge < -0.3 is 15.4 Å². The summed E-state index contributed by atoms with van der Waals surface area (Å²) in [5.41, 5.74) is 4.95. The average molecular weight is 592 g/mol. The number of amides is 3. The standard InChI is InChI=1S/C25H21BrCl2N4O4/c1-15-5-7-16(8-6-15)12-29-24(34)25(35)32-30-13-17-11-18(26)9-10-21(17)36-14-22(33)31-20-4-2-3-19(27)23(20)28/h2-11,13H,12,14H2,1H3,(H,29,34)(H,31,33)(H,32,35)/b30-13-. The second-order valence-electron chi connectivity index (χ2n) is 7.49. The summed E-state index contributed by atoms with van der Waals surface area (Å²) in [5.74, 6) is -1.88. The van der Waals surface area contributed by atoms with Crippen molar-refractivity contribution in [3.8, 4) is 5.75 Å². The summed E-state index contributed by atoms with van der Waals surface area (Å²) in [5, 5.41) is 9.52. The summed E-state index contributed by atoms with van der Waals surface area (Å²) in [4.78, 5) is 36.4. The molecule has 8 nitrogen and oxygen atoms in total. The van der Waals surface area contributed by atoms with Crippen molar-refractivity contribution in [3.63, 3.8) is 0 Å². The largest absolute Gasteiger partial charge is 0.483 e. The minimum Gasteiger partial charge on any atom is -0.483 e. The van der Waals surface area contributed by atoms with Crippen molar-refractivity contribution in [2.24, 2.45) is 5.10 Å². The molecule has 3 rings (SSSR count). The van der Waals surface area contributed by atoms with Gasteiger partial charge in [-0.15, -0.1) is 0 Å². The van der Waals surface area contributed by atoms with E-state index in [0.29, 0.717) is 26.5 Å². The van der Waals surface area contributed by atoms with E-state index in [1.807, 2.05) is 31.2 Å². The van der Waals surface area contributed by atoms with E-state index in [1.165, 1.54) is 6.21 Å². The zero-order valence-electron chi connectivity index (χ0n) is 19.0. The van der Waals surface area contributed by atoms with Crippen LogP contribution in [0.25, 0.3) is 0 Å². The molecule has 11 heteroatoms. The van der Waals surface area contributed by atoms with Gasteiger partial charge in [0.25, 0.3) is 5.91 Å². The fraction of sp³-hybridized carbons (Fsp3) is 0.120. The third kappa shape index (κ3) is 8.08. The minimum absolute atomic E-state index is 0.211. The van der Waals surface area contributed by atoms with Gasteiger partial charge in [0, 0.05) is 16.6 Å². The quantitative estimate of drug-likeness (QED) is 0.198. The maximum atomic E-state index is 12.3. The summed E-state index contributed by atoms with van der Waals surface area (Å²) in [6.45, 7) is 1.85. The van der Waals surface area contributed by atoms with Crippen molar-refractivity contribution in [2.45, 2.75) is 13.5 Å². The molecule has 0 radical (unpaired) electrons. The minimum atomic E-state index is -0.923. The molecule has 0 aromatic heterocycles. The number of nitrogens with zero attached hydrogens (tertiary/aromatic N) is 1. The molecule has 3 N–H and O–H groups in total. The third-order valence-corrected chi connectivity index (χ3v) is 6.02. The lowest BCUT2D eigenvalue weighted by molar-refractivity contribution is -0.139. The van der Waals surface area contributed by atoms with Gasteiger partial charge >= 0.3 is 11.8 Å². The molecule has 3 aromatic rings. The highest BCUT2D eigenvalue weighted by atomic mass is 79.9. The molecule has 0 aliphatic carbocycles. The molecule has 0 aliphatic rings. The Labute approximate surface area is 226 Å². The van der Waals surface area contributed by atoms with Gasteiger partial charge in [0.1, 0.15) is 5.75 Å². The molecule has 186 valence electrons. The number of nitrogens with one attached hydrogen (secondary N) is 3. The molecule has 0 unspecified atom stereocenters. The summed E-state index contributed by atoms with van der Waals surface area (Å²) >= 11 is 15.4. The van der Waals surface area contributed by atoms with Gasteiger partial charge in [-0.05, 0) is 42.8 Å². The van der Waals surface area contributed by atoms with Crippen LogP contribution in [-0.4, -0.2) is 30.5 Å². The molecule has 0 atom stereocenters. The van der Waals surface area contributed by atoms with E-state index >= 15 is 0 Å². The Morgan fingerprint density at radius 3 is 2.53 bits per heavy atom. The van der Waals surface area contributed by atoms with Gasteiger partial charge in [-0.2, -0.15) is 5.10 Å². The monoisotopic (exact) mass is 590 g/mol. The van der Waals surface area contributed by atoms with Crippen LogP contribution in [0.15, 0.2) is 70.2 Å². The van der Waals surface area contributed by atoms with Gasteiger partial charge in [-0.25, -0.2) is 5.43 Å². The van der Waals surface area contributed by atoms with Crippen LogP contribution in [-0.2, 0) is 20.9 Å². The van der Waals surface area contributed by atoms with Crippen LogP contribution >= 0.6 is 39.1 Å². The van der Waals surface area contributed by atoms with Gasteiger partial charge in [0.2, 0.25) is 0 Å². The van der Waals surface area contributed by atoms with E-state index in [4.69, 9.17) is 27.9 Å². The molecule has 0 fully saturated rings. The Balaban J connectivity index is 1.54. The first-order chi connectivity index (χ1) is 17.2. The number of rotatable bonds is 8. The van der Waals surface area contributed by atoms with Crippen LogP contribution in [0, 0.1) is 6.92 Å². The SMILES string of the molecule is Cc1ccc(CNC(=O)C(=O)N/N=C\c2cc(Br)ccc2OCC(=O)Nc2cccc(Cl)c2Cl)cc1. The number of anilines is 1. The first-order valence-corrected chi connectivity index (χ1v) is 12.1. The first kappa shape index (κ1) is 27.2. The number of hydrogen-bond donors (Lipinski definition) is 3. The molecule has 0 bridgehead atoms. The molecule has 3 amide bonds. The van der Waals surface area contributed by atoms with E-state index in [-0.39, 0.29) is 18.2 Å². The van der Waals surface area contributed by atoms with E-state index < -0.39 is 17.7 Å². The highest BCUT2D eigenvalue weighted by Gasteiger charge is 2.13. The van der Waals surface area contributed by atoms with E-state index in [0.717, 1.165) is 11.1 Å². The maximum absolute atomic E-state index is 12.3. The lowest BCUT2D eigenvalue weighted by Gasteiger charge is -2.11. The smallest absolute Gasteiger partial charge is 0.329 e. The lowest BCUT2D eigenvalue weighted by Crippen LogP contribution is -2.37. The van der Waals surface area contributed by atoms with Crippen molar-refractivity contribution >= 4 is 68.8 Å². The van der Waals surface area contributed by atoms with Gasteiger partial charge in [0.15, 0.2) is 6.61 Å². The Kier molecular flexibility index (Phi) is 9.86. The number of halogens is 3. The van der Waals surface area contributed by atoms with Crippen molar-refractivity contribution in [1.29, 1.82) is 0 Å². The maximum Gasteiger partial charge on any atom is 0.329 e. The third-order valence-electron chi connectivity index (χ3n) is 4.71. The second-order valence-corrected chi connectivity index (χ2v) is 9.19. The van der Waals surface area contributed by atoms with Crippen molar-refractivity contribution < 1.29 is 19.1 Å². The molecule has 0 spiro atoms. The first-order valence-electron chi connectivity index (χ1n) is 10.6. The van der Waals surface area contributed by atoms with Crippen LogP contribution in [0.3, 0.4) is 0 Å². The number of ether oxygens (including phenoxy) is 1. The molecule has 0 saturated carbocycles. The van der Waals surface area contributed by atoms with E-state index in [1.54, 1.807) is 36.4 Å². The van der Waals surface area contributed by atoms with Crippen LogP contribution in [0.4, 0.5) is 5.69 Å². The van der Waals surface area contributed by atoms with Crippen LogP contribution in [0.2, 0.25) is 10.0 Å². The fourth-order valence-electron chi connectivity index (χ4n) is 2.86. The number of hydrogen-bond acceptors (Lipinski definition) is 5. The molecular weight excluding hydrogens is 571 g/mol. The Bertz CT molecular complexity index is 1300. The molecule has 3 aromatic carbocycles. The average Bonchev–Trinajstić information content (AvgIpc) is 2.85. The lowest BCUT2D eigenvalue weighted by atomic mass is 10.1. The molecular formula is C25H21BrCl2N4O4. The second kappa shape index (κ2) is 13.1. The van der Waals surface area contributed by atoms with Gasteiger partial charge in [-0.1, -0.05) is 75.0 Å². The highest BCUT2D eigenvalue weighted by Crippen LogP contribution is 2.29. The van der Waals surface area contributed by atoms with E-state index in [9.17, 15) is 14.4 Å². The fourth-order valence-corrected chi connectivity index (χ4v) is 3.59. The predicted octanol–water partition coefficient (Wildman–Crippen LogP) is 4.85. The van der Waals surface area contributed by atoms with Crippen LogP contribution in [0.1, 0.15) is 16.7 Å². The van der Waals surface area contributed by atoms with E-state index in [2.05, 4.69) is 37.1 Å². The number of aryl methyl sites for hydroxylation is 1. The Morgan fingerprint density at radius 2 is 1.78 bits per heavy atom. The molecule has 0 saturated heterocycles. The van der Waals surface area contributed by atoms with Crippen molar-refractivity contribution in [2.75, 3.05) is 11.9 Å². The zero-order chi connectivity index (χ0) is 26.1. The molecule has 0 heterocycles. The Hall–Kier alpha value is -3.40. The van der Waals surface area contributed by atoms with Gasteiger partial charge in [-0.3, -0.25) is 14.4 Å². The van der Waals surface area contributed by atoms with Crippen LogP contribution in [0.5, 0.6) is 5.75 Å². The summed E-state index contributed by atoms with van der Waals surface area (Å²) < 4.78 is 6.32. The molecule has 36 heavy (non-hydrogen) atoms. The number of carbonyl (C=O) groups is 3.